The summed E-state index contributed by atoms with van der Waals surface area (Å²) in [6.07, 6.45) is -2.20. The van der Waals surface area contributed by atoms with Crippen molar-refractivity contribution in [2.24, 2.45) is 0 Å². The predicted octanol–water partition coefficient (Wildman–Crippen LogP) is 2.78. The Kier molecular flexibility index (Phi) is 6.65. The molecule has 136 valence electrons. The highest BCUT2D eigenvalue weighted by Gasteiger charge is 2.32. The molecule has 0 heterocycles. The molecule has 9 heteroatoms. The van der Waals surface area contributed by atoms with Crippen LogP contribution in [0.2, 0.25) is 0 Å². The number of amides is 1. The third-order valence-electron chi connectivity index (χ3n) is 3.28. The quantitative estimate of drug-likeness (QED) is 0.807. The van der Waals surface area contributed by atoms with E-state index in [0.29, 0.717) is 16.8 Å². The fourth-order valence-corrected chi connectivity index (χ4v) is 3.04. The van der Waals surface area contributed by atoms with Gasteiger partial charge in [-0.2, -0.15) is 13.2 Å². The van der Waals surface area contributed by atoms with Crippen molar-refractivity contribution >= 4 is 21.6 Å². The number of anilines is 1. The Morgan fingerprint density at radius 3 is 2.46 bits per heavy atom. The number of carbonyl (C=O) groups is 1. The van der Waals surface area contributed by atoms with Gasteiger partial charge in [-0.15, -0.1) is 0 Å². The first-order chi connectivity index (χ1) is 10.9. The highest BCUT2D eigenvalue weighted by atomic mass is 32.2. The molecule has 0 saturated heterocycles. The van der Waals surface area contributed by atoms with Crippen LogP contribution in [0.1, 0.15) is 32.3 Å². The summed E-state index contributed by atoms with van der Waals surface area (Å²) in [4.78, 5) is 12.0. The van der Waals surface area contributed by atoms with Gasteiger partial charge in [0.05, 0.1) is 17.5 Å². The minimum Gasteiger partial charge on any atom is -0.352 e. The molecule has 0 bridgehead atoms. The lowest BCUT2D eigenvalue weighted by atomic mass is 10.2. The molecule has 1 N–H and O–H groups in total. The molecule has 0 unspecified atom stereocenters. The highest BCUT2D eigenvalue weighted by Crippen LogP contribution is 2.32. The number of nitrogens with one attached hydrogen (secondary N) is 1. The van der Waals surface area contributed by atoms with E-state index in [9.17, 15) is 26.4 Å². The summed E-state index contributed by atoms with van der Waals surface area (Å²) in [5, 5.41) is 2.63. The molecule has 0 aliphatic heterocycles. The number of hydrogen-bond donors (Lipinski definition) is 1. The molecule has 24 heavy (non-hydrogen) atoms. The zero-order valence-electron chi connectivity index (χ0n) is 13.7. The van der Waals surface area contributed by atoms with Crippen LogP contribution < -0.4 is 9.62 Å². The van der Waals surface area contributed by atoms with Gasteiger partial charge >= 0.3 is 6.18 Å². The molecule has 1 aromatic carbocycles. The summed E-state index contributed by atoms with van der Waals surface area (Å²) >= 11 is 0. The Balaban J connectivity index is 3.06. The van der Waals surface area contributed by atoms with Crippen molar-refractivity contribution in [2.45, 2.75) is 38.9 Å². The van der Waals surface area contributed by atoms with E-state index in [4.69, 9.17) is 0 Å². The third-order valence-corrected chi connectivity index (χ3v) is 4.42. The summed E-state index contributed by atoms with van der Waals surface area (Å²) in [5.74, 6) is -0.571. The summed E-state index contributed by atoms with van der Waals surface area (Å²) in [7, 11) is -3.92. The standard InChI is InChI=1S/C15H21F3N2O3S/c1-4-6-11(2)19-14(21)10-20(24(3,22)23)13-8-5-7-12(9-13)15(16,17)18/h5,7-9,11H,4,6,10H2,1-3H3,(H,19,21)/t11-/m1/s1. The number of carbonyl (C=O) groups excluding carboxylic acids is 1. The zero-order chi connectivity index (χ0) is 18.5. The molecule has 0 radical (unpaired) electrons. The maximum atomic E-state index is 12.8. The van der Waals surface area contributed by atoms with E-state index in [0.717, 1.165) is 24.8 Å². The van der Waals surface area contributed by atoms with Crippen LogP contribution in [0.15, 0.2) is 24.3 Å². The number of sulfonamides is 1. The lowest BCUT2D eigenvalue weighted by Gasteiger charge is -2.23. The zero-order valence-corrected chi connectivity index (χ0v) is 14.5. The van der Waals surface area contributed by atoms with Gasteiger partial charge in [0.1, 0.15) is 6.54 Å². The Morgan fingerprint density at radius 1 is 1.33 bits per heavy atom. The van der Waals surface area contributed by atoms with Gasteiger partial charge in [-0.1, -0.05) is 19.4 Å². The Morgan fingerprint density at radius 2 is 1.96 bits per heavy atom. The minimum absolute atomic E-state index is 0.148. The first kappa shape index (κ1) is 20.3. The van der Waals surface area contributed by atoms with Crippen molar-refractivity contribution in [1.29, 1.82) is 0 Å². The highest BCUT2D eigenvalue weighted by molar-refractivity contribution is 7.92. The van der Waals surface area contributed by atoms with Crippen LogP contribution in [0.25, 0.3) is 0 Å². The molecule has 1 amide bonds. The normalized spacial score (nSPS) is 13.4. The fraction of sp³-hybridized carbons (Fsp3) is 0.533. The molecule has 0 fully saturated rings. The van der Waals surface area contributed by atoms with E-state index in [1.807, 2.05) is 6.92 Å². The van der Waals surface area contributed by atoms with Gasteiger partial charge in [0.2, 0.25) is 15.9 Å². The molecule has 1 rings (SSSR count). The van der Waals surface area contributed by atoms with Crippen molar-refractivity contribution in [3.8, 4) is 0 Å². The van der Waals surface area contributed by atoms with Gasteiger partial charge in [0, 0.05) is 6.04 Å². The van der Waals surface area contributed by atoms with Gasteiger partial charge in [-0.25, -0.2) is 8.42 Å². The first-order valence-corrected chi connectivity index (χ1v) is 9.24. The number of benzene rings is 1. The van der Waals surface area contributed by atoms with Crippen molar-refractivity contribution in [1.82, 2.24) is 5.32 Å². The van der Waals surface area contributed by atoms with E-state index >= 15 is 0 Å². The van der Waals surface area contributed by atoms with Gasteiger partial charge in [0.15, 0.2) is 0 Å². The molecule has 1 atom stereocenters. The molecule has 0 spiro atoms. The van der Waals surface area contributed by atoms with E-state index < -0.39 is 34.2 Å². The van der Waals surface area contributed by atoms with Crippen LogP contribution in [0.5, 0.6) is 0 Å². The minimum atomic E-state index is -4.60. The number of alkyl halides is 3. The average Bonchev–Trinajstić information content (AvgIpc) is 2.43. The number of nitrogens with zero attached hydrogens (tertiary/aromatic N) is 1. The average molecular weight is 366 g/mol. The lowest BCUT2D eigenvalue weighted by Crippen LogP contribution is -2.43. The molecular weight excluding hydrogens is 345 g/mol. The third kappa shape index (κ3) is 6.03. The van der Waals surface area contributed by atoms with E-state index in [1.165, 1.54) is 6.07 Å². The van der Waals surface area contributed by atoms with E-state index in [-0.39, 0.29) is 11.7 Å². The predicted molar refractivity (Wildman–Crippen MR) is 86.1 cm³/mol. The summed E-state index contributed by atoms with van der Waals surface area (Å²) in [5.41, 5.74) is -1.18. The van der Waals surface area contributed by atoms with Crippen LogP contribution >= 0.6 is 0 Å². The first-order valence-electron chi connectivity index (χ1n) is 7.39. The summed E-state index contributed by atoms with van der Waals surface area (Å²) < 4.78 is 62.9. The van der Waals surface area contributed by atoms with E-state index in [2.05, 4.69) is 5.32 Å². The van der Waals surface area contributed by atoms with Gasteiger partial charge < -0.3 is 5.32 Å². The van der Waals surface area contributed by atoms with Crippen LogP contribution in [0.4, 0.5) is 18.9 Å². The van der Waals surface area contributed by atoms with Crippen LogP contribution in [0.3, 0.4) is 0 Å². The molecular formula is C15H21F3N2O3S. The topological polar surface area (TPSA) is 66.5 Å². The molecule has 0 aromatic heterocycles. The van der Waals surface area contributed by atoms with Crippen LogP contribution in [-0.4, -0.2) is 33.2 Å². The Labute approximate surface area is 139 Å². The summed E-state index contributed by atoms with van der Waals surface area (Å²) in [6.45, 7) is 3.14. The van der Waals surface area contributed by atoms with Crippen molar-refractivity contribution in [2.75, 3.05) is 17.1 Å². The van der Waals surface area contributed by atoms with Gasteiger partial charge in [-0.05, 0) is 31.5 Å². The maximum Gasteiger partial charge on any atom is 0.416 e. The second-order valence-corrected chi connectivity index (χ2v) is 7.48. The van der Waals surface area contributed by atoms with Crippen molar-refractivity contribution < 1.29 is 26.4 Å². The van der Waals surface area contributed by atoms with Crippen LogP contribution in [0, 0.1) is 0 Å². The Bertz CT molecular complexity index is 675. The molecule has 5 nitrogen and oxygen atoms in total. The van der Waals surface area contributed by atoms with Crippen molar-refractivity contribution in [3.63, 3.8) is 0 Å². The van der Waals surface area contributed by atoms with Crippen LogP contribution in [-0.2, 0) is 21.0 Å². The molecule has 0 aliphatic rings. The number of halogens is 3. The second kappa shape index (κ2) is 7.87. The molecule has 1 aromatic rings. The van der Waals surface area contributed by atoms with Gasteiger partial charge in [0.25, 0.3) is 0 Å². The monoisotopic (exact) mass is 366 g/mol. The lowest BCUT2D eigenvalue weighted by molar-refractivity contribution is -0.137. The fourth-order valence-electron chi connectivity index (χ4n) is 2.19. The largest absolute Gasteiger partial charge is 0.416 e. The van der Waals surface area contributed by atoms with Crippen molar-refractivity contribution in [3.05, 3.63) is 29.8 Å². The van der Waals surface area contributed by atoms with E-state index in [1.54, 1.807) is 6.92 Å². The SMILES string of the molecule is CCC[C@@H](C)NC(=O)CN(c1cccc(C(F)(F)F)c1)S(C)(=O)=O. The molecule has 0 saturated carbocycles. The second-order valence-electron chi connectivity index (χ2n) is 5.57. The Hall–Kier alpha value is -1.77. The van der Waals surface area contributed by atoms with Gasteiger partial charge in [-0.3, -0.25) is 9.10 Å². The maximum absolute atomic E-state index is 12.8. The number of rotatable bonds is 7. The number of hydrogen-bond acceptors (Lipinski definition) is 3. The molecule has 0 aliphatic carbocycles. The smallest absolute Gasteiger partial charge is 0.352 e. The summed E-state index contributed by atoms with van der Waals surface area (Å²) in [6, 6.07) is 3.73.